The molecule has 1 aromatic carbocycles. The van der Waals surface area contributed by atoms with Crippen molar-refractivity contribution in [1.29, 1.82) is 0 Å². The molecule has 1 aliphatic carbocycles. The van der Waals surface area contributed by atoms with E-state index in [9.17, 15) is 4.79 Å². The van der Waals surface area contributed by atoms with Gasteiger partial charge in [-0.25, -0.2) is 0 Å². The monoisotopic (exact) mass is 372 g/mol. The Kier molecular flexibility index (Phi) is 6.37. The molecule has 1 aliphatic heterocycles. The van der Waals surface area contributed by atoms with Gasteiger partial charge in [-0.15, -0.1) is 6.58 Å². The average Bonchev–Trinajstić information content (AvgIpc) is 3.38. The number of nitrogens with zero attached hydrogens (tertiary/aromatic N) is 2. The number of hydrogen-bond donors (Lipinski definition) is 0. The minimum absolute atomic E-state index is 0.140. The van der Waals surface area contributed by atoms with Crippen LogP contribution in [0.2, 0.25) is 0 Å². The Labute approximate surface area is 160 Å². The Bertz CT molecular complexity index is 710. The summed E-state index contributed by atoms with van der Waals surface area (Å²) >= 11 is 0. The third-order valence-electron chi connectivity index (χ3n) is 5.24. The number of carbonyl (C=O) groups excluding carboxylic acids is 1. The SMILES string of the molecule is C=CCN(CC1CC(c2ccc(OC)c(OC)c2)=NO1)C(=O)C1CCCC1. The van der Waals surface area contributed by atoms with Crippen molar-refractivity contribution in [2.24, 2.45) is 11.1 Å². The van der Waals surface area contributed by atoms with Crippen molar-refractivity contribution < 1.29 is 19.1 Å². The molecule has 1 heterocycles. The Morgan fingerprint density at radius 1 is 1.30 bits per heavy atom. The molecule has 0 N–H and O–H groups in total. The van der Waals surface area contributed by atoms with E-state index in [4.69, 9.17) is 14.3 Å². The van der Waals surface area contributed by atoms with Gasteiger partial charge in [-0.05, 0) is 31.0 Å². The van der Waals surface area contributed by atoms with Crippen LogP contribution in [0.3, 0.4) is 0 Å². The van der Waals surface area contributed by atoms with E-state index in [1.165, 1.54) is 0 Å². The predicted octanol–water partition coefficient (Wildman–Crippen LogP) is 3.40. The summed E-state index contributed by atoms with van der Waals surface area (Å²) in [6, 6.07) is 5.70. The van der Waals surface area contributed by atoms with Crippen LogP contribution in [-0.2, 0) is 9.63 Å². The van der Waals surface area contributed by atoms with Crippen LogP contribution >= 0.6 is 0 Å². The molecule has 6 heteroatoms. The third kappa shape index (κ3) is 4.43. The van der Waals surface area contributed by atoms with Gasteiger partial charge in [0.15, 0.2) is 17.6 Å². The molecule has 0 saturated heterocycles. The first-order valence-electron chi connectivity index (χ1n) is 9.51. The molecule has 1 unspecified atom stereocenters. The lowest BCUT2D eigenvalue weighted by molar-refractivity contribution is -0.136. The fourth-order valence-corrected chi connectivity index (χ4v) is 3.80. The summed E-state index contributed by atoms with van der Waals surface area (Å²) in [5, 5.41) is 4.24. The second-order valence-electron chi connectivity index (χ2n) is 7.05. The Hall–Kier alpha value is -2.50. The van der Waals surface area contributed by atoms with Crippen LogP contribution in [-0.4, -0.2) is 49.9 Å². The first-order chi connectivity index (χ1) is 13.2. The van der Waals surface area contributed by atoms with E-state index >= 15 is 0 Å². The van der Waals surface area contributed by atoms with Crippen molar-refractivity contribution in [3.05, 3.63) is 36.4 Å². The zero-order chi connectivity index (χ0) is 19.2. The zero-order valence-corrected chi connectivity index (χ0v) is 16.1. The van der Waals surface area contributed by atoms with Gasteiger partial charge in [0.25, 0.3) is 0 Å². The Morgan fingerprint density at radius 2 is 2.04 bits per heavy atom. The maximum absolute atomic E-state index is 12.8. The van der Waals surface area contributed by atoms with Gasteiger partial charge in [-0.2, -0.15) is 0 Å². The number of hydrogen-bond acceptors (Lipinski definition) is 5. The lowest BCUT2D eigenvalue weighted by Crippen LogP contribution is -2.40. The first kappa shape index (κ1) is 19.3. The summed E-state index contributed by atoms with van der Waals surface area (Å²) in [6.45, 7) is 4.86. The number of methoxy groups -OCH3 is 2. The highest BCUT2D eigenvalue weighted by molar-refractivity contribution is 6.01. The van der Waals surface area contributed by atoms with Gasteiger partial charge in [0.05, 0.1) is 26.5 Å². The van der Waals surface area contributed by atoms with Crippen molar-refractivity contribution in [2.75, 3.05) is 27.3 Å². The van der Waals surface area contributed by atoms with Gasteiger partial charge in [0, 0.05) is 24.4 Å². The molecule has 1 amide bonds. The molecule has 0 radical (unpaired) electrons. The number of benzene rings is 1. The summed E-state index contributed by atoms with van der Waals surface area (Å²) < 4.78 is 10.6. The minimum Gasteiger partial charge on any atom is -0.493 e. The lowest BCUT2D eigenvalue weighted by atomic mass is 10.0. The van der Waals surface area contributed by atoms with Crippen molar-refractivity contribution in [2.45, 2.75) is 38.2 Å². The van der Waals surface area contributed by atoms with Crippen LogP contribution in [0.25, 0.3) is 0 Å². The maximum Gasteiger partial charge on any atom is 0.226 e. The van der Waals surface area contributed by atoms with Gasteiger partial charge in [-0.3, -0.25) is 4.79 Å². The maximum atomic E-state index is 12.8. The first-order valence-corrected chi connectivity index (χ1v) is 9.51. The predicted molar refractivity (Wildman–Crippen MR) is 104 cm³/mol. The zero-order valence-electron chi connectivity index (χ0n) is 16.1. The Morgan fingerprint density at radius 3 is 2.70 bits per heavy atom. The molecule has 1 fully saturated rings. The van der Waals surface area contributed by atoms with Crippen molar-refractivity contribution in [1.82, 2.24) is 4.90 Å². The second kappa shape index (κ2) is 8.93. The molecule has 1 aromatic rings. The number of amides is 1. The van der Waals surface area contributed by atoms with Gasteiger partial charge in [-0.1, -0.05) is 24.1 Å². The second-order valence-corrected chi connectivity index (χ2v) is 7.05. The number of carbonyl (C=O) groups is 1. The molecule has 0 spiro atoms. The number of oxime groups is 1. The Balaban J connectivity index is 1.63. The molecular formula is C21H28N2O4. The van der Waals surface area contributed by atoms with E-state index in [0.29, 0.717) is 31.0 Å². The van der Waals surface area contributed by atoms with Gasteiger partial charge in [0.2, 0.25) is 5.91 Å². The van der Waals surface area contributed by atoms with E-state index < -0.39 is 0 Å². The molecule has 3 rings (SSSR count). The van der Waals surface area contributed by atoms with E-state index in [2.05, 4.69) is 11.7 Å². The van der Waals surface area contributed by atoms with Crippen LogP contribution < -0.4 is 9.47 Å². The van der Waals surface area contributed by atoms with Crippen LogP contribution in [0.4, 0.5) is 0 Å². The summed E-state index contributed by atoms with van der Waals surface area (Å²) in [5.41, 5.74) is 1.79. The third-order valence-corrected chi connectivity index (χ3v) is 5.24. The summed E-state index contributed by atoms with van der Waals surface area (Å²) in [7, 11) is 3.22. The molecule has 6 nitrogen and oxygen atoms in total. The van der Waals surface area contributed by atoms with E-state index in [-0.39, 0.29) is 17.9 Å². The number of rotatable bonds is 8. The van der Waals surface area contributed by atoms with Crippen LogP contribution in [0, 0.1) is 5.92 Å². The summed E-state index contributed by atoms with van der Waals surface area (Å²) in [6.07, 6.45) is 6.56. The topological polar surface area (TPSA) is 60.4 Å². The van der Waals surface area contributed by atoms with Crippen molar-refractivity contribution in [3.63, 3.8) is 0 Å². The van der Waals surface area contributed by atoms with Crippen LogP contribution in [0.15, 0.2) is 36.0 Å². The molecule has 1 atom stereocenters. The lowest BCUT2D eigenvalue weighted by Gasteiger charge is -2.26. The highest BCUT2D eigenvalue weighted by atomic mass is 16.6. The smallest absolute Gasteiger partial charge is 0.226 e. The molecule has 27 heavy (non-hydrogen) atoms. The van der Waals surface area contributed by atoms with Crippen LogP contribution in [0.1, 0.15) is 37.7 Å². The largest absolute Gasteiger partial charge is 0.493 e. The van der Waals surface area contributed by atoms with Gasteiger partial charge in [0.1, 0.15) is 0 Å². The van der Waals surface area contributed by atoms with Crippen LogP contribution in [0.5, 0.6) is 11.5 Å². The highest BCUT2D eigenvalue weighted by Gasteiger charge is 2.31. The van der Waals surface area contributed by atoms with Crippen molar-refractivity contribution in [3.8, 4) is 11.5 Å². The molecule has 0 aromatic heterocycles. The van der Waals surface area contributed by atoms with Gasteiger partial charge >= 0.3 is 0 Å². The average molecular weight is 372 g/mol. The number of ether oxygens (including phenoxy) is 2. The minimum atomic E-state index is -0.140. The highest BCUT2D eigenvalue weighted by Crippen LogP contribution is 2.30. The molecule has 1 saturated carbocycles. The summed E-state index contributed by atoms with van der Waals surface area (Å²) in [5.74, 6) is 1.70. The van der Waals surface area contributed by atoms with E-state index in [0.717, 1.165) is 37.0 Å². The van der Waals surface area contributed by atoms with Crippen molar-refractivity contribution >= 4 is 11.6 Å². The normalized spacial score (nSPS) is 19.3. The van der Waals surface area contributed by atoms with Gasteiger partial charge < -0.3 is 19.2 Å². The fourth-order valence-electron chi connectivity index (χ4n) is 3.80. The van der Waals surface area contributed by atoms with E-state index in [1.807, 2.05) is 23.1 Å². The molecule has 2 aliphatic rings. The van der Waals surface area contributed by atoms with E-state index in [1.54, 1.807) is 20.3 Å². The molecule has 146 valence electrons. The quantitative estimate of drug-likeness (QED) is 0.656. The fraction of sp³-hybridized carbons (Fsp3) is 0.524. The molecule has 0 bridgehead atoms. The molecular weight excluding hydrogens is 344 g/mol. The standard InChI is InChI=1S/C21H28N2O4/c1-4-11-23(21(24)15-7-5-6-8-15)14-17-13-18(22-27-17)16-9-10-19(25-2)20(12-16)26-3/h4,9-10,12,15,17H,1,5-8,11,13-14H2,2-3H3. The summed E-state index contributed by atoms with van der Waals surface area (Å²) in [4.78, 5) is 20.3.